The van der Waals surface area contributed by atoms with Crippen LogP contribution in [0.4, 0.5) is 0 Å². The lowest BCUT2D eigenvalue weighted by Crippen LogP contribution is -2.25. The van der Waals surface area contributed by atoms with E-state index in [2.05, 4.69) is 13.0 Å². The predicted octanol–water partition coefficient (Wildman–Crippen LogP) is 2.56. The molecule has 0 bridgehead atoms. The Morgan fingerprint density at radius 3 is 2.69 bits per heavy atom. The molecule has 1 aliphatic heterocycles. The van der Waals surface area contributed by atoms with Gasteiger partial charge in [0, 0.05) is 12.8 Å². The number of hydrogen-bond donors (Lipinski definition) is 4. The highest BCUT2D eigenvalue weighted by Crippen LogP contribution is 2.25. The summed E-state index contributed by atoms with van der Waals surface area (Å²) in [5.41, 5.74) is 0. The number of carboxylic acids is 1. The van der Waals surface area contributed by atoms with Gasteiger partial charge in [-0.3, -0.25) is 4.79 Å². The highest BCUT2D eigenvalue weighted by Gasteiger charge is 2.35. The van der Waals surface area contributed by atoms with E-state index in [1.165, 1.54) is 18.9 Å². The van der Waals surface area contributed by atoms with Crippen molar-refractivity contribution in [3.63, 3.8) is 0 Å². The molecule has 1 heterocycles. The van der Waals surface area contributed by atoms with Gasteiger partial charge in [0.15, 0.2) is 0 Å². The van der Waals surface area contributed by atoms with E-state index in [1.54, 1.807) is 6.08 Å². The van der Waals surface area contributed by atoms with E-state index in [9.17, 15) is 20.1 Å². The largest absolute Gasteiger partial charge is 0.481 e. The van der Waals surface area contributed by atoms with Crippen LogP contribution in [-0.2, 0) is 9.53 Å². The minimum Gasteiger partial charge on any atom is -0.481 e. The van der Waals surface area contributed by atoms with E-state index in [4.69, 9.17) is 9.84 Å². The van der Waals surface area contributed by atoms with Crippen molar-refractivity contribution >= 4 is 5.97 Å². The number of aliphatic hydroxyl groups excluding tert-OH is 3. The fraction of sp³-hybridized carbons (Fsp3) is 0.750. The smallest absolute Gasteiger partial charge is 0.303 e. The number of aliphatic carboxylic acids is 1. The molecular weight excluding hydrogens is 336 g/mol. The summed E-state index contributed by atoms with van der Waals surface area (Å²) in [6, 6.07) is 0. The molecule has 0 aromatic carbocycles. The molecule has 0 aromatic heterocycles. The lowest BCUT2D eigenvalue weighted by molar-refractivity contribution is -0.137. The average Bonchev–Trinajstić information content (AvgIpc) is 2.96. The van der Waals surface area contributed by atoms with Crippen molar-refractivity contribution < 1.29 is 30.0 Å². The summed E-state index contributed by atoms with van der Waals surface area (Å²) in [5, 5.41) is 38.7. The molecule has 0 amide bonds. The highest BCUT2D eigenvalue weighted by molar-refractivity contribution is 5.66. The molecule has 5 atom stereocenters. The van der Waals surface area contributed by atoms with Crippen LogP contribution in [-0.4, -0.2) is 56.9 Å². The topological polar surface area (TPSA) is 107 Å². The number of unbranched alkanes of at least 4 members (excludes halogenated alkanes) is 3. The Kier molecular flexibility index (Phi) is 11.4. The number of hydrogen-bond acceptors (Lipinski definition) is 5. The molecule has 0 aromatic rings. The van der Waals surface area contributed by atoms with E-state index < -0.39 is 36.5 Å². The van der Waals surface area contributed by atoms with E-state index in [-0.39, 0.29) is 6.42 Å². The summed E-state index contributed by atoms with van der Waals surface area (Å²) in [7, 11) is 0. The van der Waals surface area contributed by atoms with Gasteiger partial charge in [-0.25, -0.2) is 0 Å². The second-order valence-corrected chi connectivity index (χ2v) is 6.95. The molecule has 0 saturated carbocycles. The van der Waals surface area contributed by atoms with Crippen molar-refractivity contribution in [2.45, 2.75) is 95.2 Å². The summed E-state index contributed by atoms with van der Waals surface area (Å²) in [6.07, 6.45) is 10.2. The molecule has 4 N–H and O–H groups in total. The van der Waals surface area contributed by atoms with Crippen molar-refractivity contribution in [3.8, 4) is 0 Å². The zero-order chi connectivity index (χ0) is 19.4. The number of carbonyl (C=O) groups is 1. The third-order valence-electron chi connectivity index (χ3n) is 4.55. The summed E-state index contributed by atoms with van der Waals surface area (Å²) >= 11 is 0. The standard InChI is InChI=1S/C20H34O6/c1-2-3-4-5-6-7-10-16(22)19-14-17(23)18(26-19)13-12-15(21)9-8-11-20(24)25/h6-7,12-13,15-19,21-23H,2-5,8-11,14H2,1H3,(H,24,25)/b7-6-,13-12+/t15-,16+,17-,18-,19+/m0/s1. The first kappa shape index (κ1) is 22.8. The van der Waals surface area contributed by atoms with Gasteiger partial charge in [0.1, 0.15) is 6.10 Å². The molecular formula is C20H34O6. The fourth-order valence-corrected chi connectivity index (χ4v) is 2.96. The SMILES string of the molecule is CCCCC/C=C\C[C@@H](O)[C@H]1C[C@H](O)[C@H](/C=C/[C@@H](O)CCCC(=O)O)O1. The molecule has 26 heavy (non-hydrogen) atoms. The Balaban J connectivity index is 2.32. The molecule has 1 aliphatic rings. The molecule has 6 nitrogen and oxygen atoms in total. The van der Waals surface area contributed by atoms with Crippen LogP contribution in [0.25, 0.3) is 0 Å². The van der Waals surface area contributed by atoms with Crippen molar-refractivity contribution in [2.75, 3.05) is 0 Å². The summed E-state index contributed by atoms with van der Waals surface area (Å²) in [6.45, 7) is 2.16. The van der Waals surface area contributed by atoms with Gasteiger partial charge >= 0.3 is 5.97 Å². The van der Waals surface area contributed by atoms with Gasteiger partial charge in [-0.15, -0.1) is 0 Å². The molecule has 1 fully saturated rings. The lowest BCUT2D eigenvalue weighted by Gasteiger charge is -2.16. The van der Waals surface area contributed by atoms with Crippen LogP contribution in [0.1, 0.15) is 64.7 Å². The van der Waals surface area contributed by atoms with E-state index in [0.29, 0.717) is 25.7 Å². The Morgan fingerprint density at radius 2 is 2.00 bits per heavy atom. The van der Waals surface area contributed by atoms with Crippen molar-refractivity contribution in [2.24, 2.45) is 0 Å². The highest BCUT2D eigenvalue weighted by atomic mass is 16.5. The van der Waals surface area contributed by atoms with Gasteiger partial charge in [0.25, 0.3) is 0 Å². The van der Waals surface area contributed by atoms with Crippen LogP contribution in [0.2, 0.25) is 0 Å². The maximum Gasteiger partial charge on any atom is 0.303 e. The van der Waals surface area contributed by atoms with E-state index >= 15 is 0 Å². The van der Waals surface area contributed by atoms with Gasteiger partial charge in [0.2, 0.25) is 0 Å². The van der Waals surface area contributed by atoms with Crippen LogP contribution in [0, 0.1) is 0 Å². The molecule has 150 valence electrons. The molecule has 0 unspecified atom stereocenters. The molecule has 0 spiro atoms. The first-order valence-electron chi connectivity index (χ1n) is 9.68. The van der Waals surface area contributed by atoms with Crippen LogP contribution in [0.5, 0.6) is 0 Å². The third kappa shape index (κ3) is 9.48. The predicted molar refractivity (Wildman–Crippen MR) is 99.8 cm³/mol. The second kappa shape index (κ2) is 13.0. The Bertz CT molecular complexity index is 448. The van der Waals surface area contributed by atoms with Crippen LogP contribution >= 0.6 is 0 Å². The second-order valence-electron chi connectivity index (χ2n) is 6.95. The quantitative estimate of drug-likeness (QED) is 0.293. The fourth-order valence-electron chi connectivity index (χ4n) is 2.96. The maximum absolute atomic E-state index is 10.5. The number of rotatable bonds is 13. The number of allylic oxidation sites excluding steroid dienone is 1. The maximum atomic E-state index is 10.5. The molecule has 6 heteroatoms. The number of aliphatic hydroxyl groups is 3. The zero-order valence-electron chi connectivity index (χ0n) is 15.7. The van der Waals surface area contributed by atoms with Gasteiger partial charge in [0.05, 0.1) is 24.4 Å². The van der Waals surface area contributed by atoms with Crippen LogP contribution < -0.4 is 0 Å². The van der Waals surface area contributed by atoms with E-state index in [0.717, 1.165) is 12.8 Å². The van der Waals surface area contributed by atoms with Gasteiger partial charge in [-0.05, 0) is 32.1 Å². The van der Waals surface area contributed by atoms with Gasteiger partial charge in [-0.2, -0.15) is 0 Å². The molecule has 0 aliphatic carbocycles. The van der Waals surface area contributed by atoms with Crippen LogP contribution in [0.3, 0.4) is 0 Å². The average molecular weight is 370 g/mol. The van der Waals surface area contributed by atoms with Crippen LogP contribution in [0.15, 0.2) is 24.3 Å². The number of carboxylic acid groups (broad SMARTS) is 1. The first-order valence-corrected chi connectivity index (χ1v) is 9.68. The zero-order valence-corrected chi connectivity index (χ0v) is 15.7. The Labute approximate surface area is 156 Å². The van der Waals surface area contributed by atoms with Crippen molar-refractivity contribution in [3.05, 3.63) is 24.3 Å². The summed E-state index contributed by atoms with van der Waals surface area (Å²) < 4.78 is 5.70. The Hall–Kier alpha value is -1.21. The van der Waals surface area contributed by atoms with Gasteiger partial charge < -0.3 is 25.2 Å². The van der Waals surface area contributed by atoms with Crippen molar-refractivity contribution in [1.82, 2.24) is 0 Å². The van der Waals surface area contributed by atoms with E-state index in [1.807, 2.05) is 6.08 Å². The van der Waals surface area contributed by atoms with Gasteiger partial charge in [-0.1, -0.05) is 44.1 Å². The number of ether oxygens (including phenoxy) is 1. The minimum atomic E-state index is -0.882. The van der Waals surface area contributed by atoms with Crippen molar-refractivity contribution in [1.29, 1.82) is 0 Å². The minimum absolute atomic E-state index is 0.0215. The Morgan fingerprint density at radius 1 is 1.23 bits per heavy atom. The molecule has 1 saturated heterocycles. The normalized spacial score (nSPS) is 25.9. The lowest BCUT2D eigenvalue weighted by atomic mass is 10.0. The summed E-state index contributed by atoms with van der Waals surface area (Å²) in [4.78, 5) is 10.5. The molecule has 1 rings (SSSR count). The monoisotopic (exact) mass is 370 g/mol. The molecule has 0 radical (unpaired) electrons. The third-order valence-corrected chi connectivity index (χ3v) is 4.55. The first-order chi connectivity index (χ1) is 12.4. The summed E-state index contributed by atoms with van der Waals surface area (Å²) in [5.74, 6) is -0.882.